The van der Waals surface area contributed by atoms with Gasteiger partial charge in [0.05, 0.1) is 37.7 Å². The van der Waals surface area contributed by atoms with E-state index in [1.165, 1.54) is 103 Å². The minimum absolute atomic E-state index is 0. The van der Waals surface area contributed by atoms with Crippen molar-refractivity contribution in [2.24, 2.45) is 17.4 Å². The van der Waals surface area contributed by atoms with E-state index in [2.05, 4.69) is 32.8 Å². The molecule has 8 N–H and O–H groups in total. The number of hydrogen-bond acceptors (Lipinski definition) is 9. The Morgan fingerprint density at radius 1 is 0.754 bits per heavy atom. The summed E-state index contributed by atoms with van der Waals surface area (Å²) in [5.41, 5.74) is 11.0. The second kappa shape index (κ2) is 33.6. The van der Waals surface area contributed by atoms with Gasteiger partial charge in [-0.15, -0.1) is 0 Å². The average Bonchev–Trinajstić information content (AvgIpc) is 3.69. The number of ether oxygens (including phenoxy) is 2. The number of imidazole rings is 1. The van der Waals surface area contributed by atoms with Gasteiger partial charge in [0.1, 0.15) is 6.61 Å². The number of nitrogens with zero attached hydrogens (tertiary/aromatic N) is 1. The number of aromatic nitrogens is 2. The van der Waals surface area contributed by atoms with Crippen LogP contribution >= 0.6 is 0 Å². The smallest absolute Gasteiger partial charge is 0.245 e. The summed E-state index contributed by atoms with van der Waals surface area (Å²) in [4.78, 5) is 68.7. The number of primary amides is 1. The maximum Gasteiger partial charge on any atom is 0.245 e. The van der Waals surface area contributed by atoms with E-state index in [0.717, 1.165) is 12.8 Å². The van der Waals surface area contributed by atoms with Crippen molar-refractivity contribution in [2.75, 3.05) is 39.5 Å². The minimum Gasteiger partial charge on any atom is -0.377 e. The van der Waals surface area contributed by atoms with E-state index in [1.54, 1.807) is 20.0 Å². The number of ketones is 1. The van der Waals surface area contributed by atoms with Gasteiger partial charge in [0, 0.05) is 51.6 Å². The Morgan fingerprint density at radius 3 is 1.88 bits per heavy atom. The molecule has 0 aliphatic heterocycles. The average molecular weight is 808 g/mol. The molecule has 4 amide bonds. The van der Waals surface area contributed by atoms with Gasteiger partial charge in [-0.05, 0) is 33.1 Å². The number of nitrogens with two attached hydrogens (primary N) is 2. The molecule has 2 atom stereocenters. The van der Waals surface area contributed by atoms with E-state index in [-0.39, 0.29) is 45.1 Å². The maximum atomic E-state index is 13.0. The van der Waals surface area contributed by atoms with Crippen molar-refractivity contribution in [2.45, 2.75) is 180 Å². The fourth-order valence-electron chi connectivity index (χ4n) is 6.56. The van der Waals surface area contributed by atoms with Crippen molar-refractivity contribution in [1.82, 2.24) is 25.9 Å². The zero-order chi connectivity index (χ0) is 42.0. The number of rotatable bonds is 39. The topological polar surface area (TPSA) is 221 Å². The number of carbonyl (C=O) groups is 5. The van der Waals surface area contributed by atoms with Gasteiger partial charge >= 0.3 is 0 Å². The van der Waals surface area contributed by atoms with E-state index in [0.29, 0.717) is 57.7 Å². The van der Waals surface area contributed by atoms with Crippen LogP contribution in [0.2, 0.25) is 0 Å². The molecular formula is C43H81N7O7. The normalized spacial score (nSPS) is 12.6. The molecule has 14 nitrogen and oxygen atoms in total. The van der Waals surface area contributed by atoms with E-state index < -0.39 is 29.3 Å². The predicted octanol–water partition coefficient (Wildman–Crippen LogP) is 5.96. The van der Waals surface area contributed by atoms with Crippen molar-refractivity contribution >= 4 is 29.4 Å². The molecule has 1 aromatic rings. The van der Waals surface area contributed by atoms with Crippen LogP contribution in [0.15, 0.2) is 12.5 Å². The highest BCUT2D eigenvalue weighted by Gasteiger charge is 2.33. The second-order valence-corrected chi connectivity index (χ2v) is 16.0. The molecule has 0 saturated carbocycles. The van der Waals surface area contributed by atoms with Crippen molar-refractivity contribution in [3.63, 3.8) is 0 Å². The molecule has 1 unspecified atom stereocenters. The summed E-state index contributed by atoms with van der Waals surface area (Å²) < 4.78 is 10.9. The zero-order valence-corrected chi connectivity index (χ0v) is 35.8. The third-order valence-corrected chi connectivity index (χ3v) is 10.3. The lowest BCUT2D eigenvalue weighted by atomic mass is 9.87. The van der Waals surface area contributed by atoms with Gasteiger partial charge in [-0.25, -0.2) is 4.98 Å². The molecule has 1 aromatic heterocycles. The van der Waals surface area contributed by atoms with Gasteiger partial charge in [0.25, 0.3) is 0 Å². The lowest BCUT2D eigenvalue weighted by Crippen LogP contribution is -2.55. The summed E-state index contributed by atoms with van der Waals surface area (Å²) in [6.07, 6.45) is 27.7. The number of nitrogens with one attached hydrogen (secondary N) is 4. The Kier molecular flexibility index (Phi) is 30.4. The van der Waals surface area contributed by atoms with Crippen LogP contribution in [0.3, 0.4) is 0 Å². The lowest BCUT2D eigenvalue weighted by molar-refractivity contribution is -0.134. The quantitative estimate of drug-likeness (QED) is 0.0432. The first-order valence-electron chi connectivity index (χ1n) is 22.0. The first-order chi connectivity index (χ1) is 27.5. The molecule has 0 fully saturated rings. The van der Waals surface area contributed by atoms with E-state index in [1.807, 2.05) is 0 Å². The van der Waals surface area contributed by atoms with Crippen LogP contribution < -0.4 is 27.4 Å². The fourth-order valence-corrected chi connectivity index (χ4v) is 6.56. The molecule has 330 valence electrons. The Morgan fingerprint density at radius 2 is 1.32 bits per heavy atom. The number of unbranched alkanes of at least 4 members (excludes halogenated alkanes) is 17. The largest absolute Gasteiger partial charge is 0.377 e. The fraction of sp³-hybridized carbons (Fsp3) is 0.814. The zero-order valence-electron chi connectivity index (χ0n) is 35.8. The third kappa shape index (κ3) is 28.7. The summed E-state index contributed by atoms with van der Waals surface area (Å²) in [6.45, 7) is 7.08. The number of hydrogen-bond donors (Lipinski definition) is 6. The molecule has 0 spiro atoms. The lowest BCUT2D eigenvalue weighted by Gasteiger charge is -2.28. The molecule has 57 heavy (non-hydrogen) atoms. The molecule has 0 saturated heterocycles. The highest BCUT2D eigenvalue weighted by atomic mass is 16.5. The standard InChI is InChI=1S/C43H79N7O7.H2/c1-4-5-6-7-8-9-10-11-12-13-14-15-16-17-18-19-20-24-39(52)48-26-27-56-28-29-57-33-40(53)47-25-22-21-23-35(41(45)54)30-38(51)43(2,3)50-42(55)37(44)31-36-32-46-34-49-36;/h32,34-35,37H,4-31,33,44H2,1-3H3,(H2,45,54)(H,46,49)(H,47,53)(H,48,52)(H,50,55);1H/t35?,37-;/m0./s1. The first-order valence-corrected chi connectivity index (χ1v) is 22.0. The van der Waals surface area contributed by atoms with Gasteiger partial charge in [0.15, 0.2) is 5.78 Å². The van der Waals surface area contributed by atoms with E-state index in [9.17, 15) is 24.0 Å². The minimum atomic E-state index is -1.24. The summed E-state index contributed by atoms with van der Waals surface area (Å²) in [6, 6.07) is -0.878. The highest BCUT2D eigenvalue weighted by Crippen LogP contribution is 2.19. The first kappa shape index (κ1) is 51.7. The molecular weight excluding hydrogens is 727 g/mol. The van der Waals surface area contributed by atoms with Gasteiger partial charge in [0.2, 0.25) is 23.6 Å². The van der Waals surface area contributed by atoms with Gasteiger partial charge in [-0.3, -0.25) is 24.0 Å². The van der Waals surface area contributed by atoms with Crippen LogP contribution in [0.5, 0.6) is 0 Å². The van der Waals surface area contributed by atoms with Crippen molar-refractivity contribution in [1.29, 1.82) is 0 Å². The van der Waals surface area contributed by atoms with Gasteiger partial charge < -0.3 is 41.9 Å². The van der Waals surface area contributed by atoms with E-state index >= 15 is 0 Å². The van der Waals surface area contributed by atoms with Gasteiger partial charge in [-0.1, -0.05) is 116 Å². The molecule has 1 rings (SSSR count). The third-order valence-electron chi connectivity index (χ3n) is 10.3. The van der Waals surface area contributed by atoms with E-state index in [4.69, 9.17) is 20.9 Å². The molecule has 14 heteroatoms. The number of amides is 4. The Labute approximate surface area is 344 Å². The molecule has 0 bridgehead atoms. The molecule has 1 heterocycles. The van der Waals surface area contributed by atoms with Crippen LogP contribution in [-0.2, 0) is 39.9 Å². The van der Waals surface area contributed by atoms with Crippen LogP contribution in [-0.4, -0.2) is 90.5 Å². The van der Waals surface area contributed by atoms with Crippen LogP contribution in [0.4, 0.5) is 0 Å². The Balaban J connectivity index is 0.0000325. The highest BCUT2D eigenvalue weighted by molar-refractivity contribution is 5.95. The summed E-state index contributed by atoms with van der Waals surface area (Å²) >= 11 is 0. The second-order valence-electron chi connectivity index (χ2n) is 16.0. The Hall–Kier alpha value is -3.36. The summed E-state index contributed by atoms with van der Waals surface area (Å²) in [5.74, 6) is -2.33. The van der Waals surface area contributed by atoms with Crippen LogP contribution in [0, 0.1) is 5.92 Å². The molecule has 0 aliphatic rings. The predicted molar refractivity (Wildman–Crippen MR) is 227 cm³/mol. The number of aromatic amines is 1. The summed E-state index contributed by atoms with van der Waals surface area (Å²) in [7, 11) is 0. The van der Waals surface area contributed by atoms with Crippen molar-refractivity contribution < 1.29 is 34.9 Å². The van der Waals surface area contributed by atoms with Crippen molar-refractivity contribution in [3.05, 3.63) is 18.2 Å². The monoisotopic (exact) mass is 808 g/mol. The Bertz CT molecular complexity index is 1220. The number of H-pyrrole nitrogens is 1. The van der Waals surface area contributed by atoms with Crippen molar-refractivity contribution in [3.8, 4) is 0 Å². The SMILES string of the molecule is CCCCCCCCCCCCCCCCCCCC(=O)NCCOCCOCC(=O)NCCCCC(CC(=O)C(C)(C)NC(=O)[C@@H](N)Cc1cnc[nH]1)C(N)=O.[HH]. The van der Waals surface area contributed by atoms with Crippen LogP contribution in [0.25, 0.3) is 0 Å². The summed E-state index contributed by atoms with van der Waals surface area (Å²) in [5, 5.41) is 8.34. The van der Waals surface area contributed by atoms with Gasteiger partial charge in [-0.2, -0.15) is 0 Å². The molecule has 0 aromatic carbocycles. The van der Waals surface area contributed by atoms with Crippen LogP contribution in [0.1, 0.15) is 169 Å². The molecule has 0 radical (unpaired) electrons. The number of carbonyl (C=O) groups excluding carboxylic acids is 5. The maximum absolute atomic E-state index is 13.0. The number of Topliss-reactive ketones (excluding diaryl/α,β-unsaturated/α-hetero) is 1. The molecule has 0 aliphatic carbocycles.